The van der Waals surface area contributed by atoms with Crippen molar-refractivity contribution >= 4 is 50.3 Å². The van der Waals surface area contributed by atoms with Crippen molar-refractivity contribution in [1.29, 1.82) is 0 Å². The molecular formula is C21H16ClNO5S2. The van der Waals surface area contributed by atoms with Crippen LogP contribution in [0.15, 0.2) is 64.9 Å². The lowest BCUT2D eigenvalue weighted by molar-refractivity contribution is -0.384. The summed E-state index contributed by atoms with van der Waals surface area (Å²) in [7, 11) is -4.01. The Morgan fingerprint density at radius 2 is 1.73 bits per heavy atom. The summed E-state index contributed by atoms with van der Waals surface area (Å²) in [6.45, 7) is 1.82. The van der Waals surface area contributed by atoms with Gasteiger partial charge in [0.15, 0.2) is 9.84 Å². The molecule has 0 aliphatic heterocycles. The number of hydrogen-bond acceptors (Lipinski definition) is 6. The number of rotatable bonds is 7. The van der Waals surface area contributed by atoms with Crippen LogP contribution in [0, 0.1) is 17.0 Å². The molecule has 0 fully saturated rings. The number of halogens is 1. The molecule has 0 amide bonds. The second-order valence-electron chi connectivity index (χ2n) is 6.50. The first kappa shape index (κ1) is 21.9. The Morgan fingerprint density at radius 3 is 2.27 bits per heavy atom. The SMILES string of the molecule is Cc1ccsc1/C=C(\C(=O)c1ccc([N+](=O)[O-])cc1)S(=O)(=O)Cc1ccc(Cl)cc1. The molecule has 1 heterocycles. The summed E-state index contributed by atoms with van der Waals surface area (Å²) in [4.78, 5) is 23.7. The van der Waals surface area contributed by atoms with Crippen LogP contribution in [0.1, 0.15) is 26.4 Å². The van der Waals surface area contributed by atoms with Gasteiger partial charge in [-0.3, -0.25) is 14.9 Å². The Balaban J connectivity index is 2.05. The molecule has 2 aromatic carbocycles. The van der Waals surface area contributed by atoms with Crippen LogP contribution in [0.5, 0.6) is 0 Å². The summed E-state index contributed by atoms with van der Waals surface area (Å²) >= 11 is 7.18. The summed E-state index contributed by atoms with van der Waals surface area (Å²) in [6, 6.07) is 13.0. The molecule has 154 valence electrons. The number of hydrogen-bond donors (Lipinski definition) is 0. The molecule has 0 saturated carbocycles. The Labute approximate surface area is 182 Å². The Hall–Kier alpha value is -2.81. The molecule has 0 spiro atoms. The van der Waals surface area contributed by atoms with E-state index in [-0.39, 0.29) is 21.9 Å². The van der Waals surface area contributed by atoms with E-state index in [2.05, 4.69) is 0 Å². The molecule has 0 saturated heterocycles. The number of nitro groups is 1. The topological polar surface area (TPSA) is 94.3 Å². The highest BCUT2D eigenvalue weighted by Crippen LogP contribution is 2.27. The third-order valence-electron chi connectivity index (χ3n) is 4.33. The first-order valence-corrected chi connectivity index (χ1v) is 11.6. The first-order chi connectivity index (χ1) is 14.2. The van der Waals surface area contributed by atoms with Gasteiger partial charge in [-0.1, -0.05) is 23.7 Å². The van der Waals surface area contributed by atoms with E-state index >= 15 is 0 Å². The summed E-state index contributed by atoms with van der Waals surface area (Å²) in [5.74, 6) is -1.09. The standard InChI is InChI=1S/C21H16ClNO5S2/c1-14-10-11-29-19(14)12-20(21(24)16-4-8-18(9-5-16)23(25)26)30(27,28)13-15-2-6-17(22)7-3-15/h2-12H,13H2,1H3/b20-12+. The molecule has 9 heteroatoms. The van der Waals surface area contributed by atoms with E-state index in [0.717, 1.165) is 5.56 Å². The lowest BCUT2D eigenvalue weighted by atomic mass is 10.1. The quantitative estimate of drug-likeness (QED) is 0.201. The van der Waals surface area contributed by atoms with E-state index in [1.807, 2.05) is 13.0 Å². The second-order valence-corrected chi connectivity index (χ2v) is 9.84. The lowest BCUT2D eigenvalue weighted by Gasteiger charge is -2.10. The second kappa shape index (κ2) is 8.91. The van der Waals surface area contributed by atoms with E-state index in [1.165, 1.54) is 41.7 Å². The number of thiophene rings is 1. The molecule has 30 heavy (non-hydrogen) atoms. The van der Waals surface area contributed by atoms with Crippen LogP contribution >= 0.6 is 22.9 Å². The highest BCUT2D eigenvalue weighted by atomic mass is 35.5. The summed E-state index contributed by atoms with van der Waals surface area (Å²) in [6.07, 6.45) is 1.37. The number of ketones is 1. The van der Waals surface area contributed by atoms with Crippen molar-refractivity contribution in [2.75, 3.05) is 0 Å². The minimum atomic E-state index is -4.01. The summed E-state index contributed by atoms with van der Waals surface area (Å²) in [5, 5.41) is 13.1. The number of non-ortho nitro benzene ring substituents is 1. The molecule has 0 radical (unpaired) electrons. The number of nitro benzene ring substituents is 1. The van der Waals surface area contributed by atoms with Crippen molar-refractivity contribution in [3.63, 3.8) is 0 Å². The Kier molecular flexibility index (Phi) is 6.50. The normalized spacial score (nSPS) is 12.0. The van der Waals surface area contributed by atoms with E-state index in [9.17, 15) is 23.3 Å². The van der Waals surface area contributed by atoms with E-state index in [0.29, 0.717) is 15.5 Å². The third kappa shape index (κ3) is 5.02. The van der Waals surface area contributed by atoms with Gasteiger partial charge in [-0.05, 0) is 59.8 Å². The van der Waals surface area contributed by atoms with Crippen LogP contribution in [0.3, 0.4) is 0 Å². The molecule has 0 unspecified atom stereocenters. The monoisotopic (exact) mass is 461 g/mol. The average molecular weight is 462 g/mol. The summed E-state index contributed by atoms with van der Waals surface area (Å²) in [5.41, 5.74) is 1.20. The van der Waals surface area contributed by atoms with Crippen molar-refractivity contribution in [3.8, 4) is 0 Å². The van der Waals surface area contributed by atoms with Gasteiger partial charge >= 0.3 is 0 Å². The molecule has 0 atom stereocenters. The van der Waals surface area contributed by atoms with Gasteiger partial charge in [-0.25, -0.2) is 8.42 Å². The zero-order chi connectivity index (χ0) is 21.9. The molecule has 6 nitrogen and oxygen atoms in total. The molecule has 0 aliphatic rings. The van der Waals surface area contributed by atoms with Gasteiger partial charge in [0.1, 0.15) is 4.91 Å². The predicted octanol–water partition coefficient (Wildman–Crippen LogP) is 5.46. The predicted molar refractivity (Wildman–Crippen MR) is 119 cm³/mol. The van der Waals surface area contributed by atoms with Crippen LogP contribution in [-0.4, -0.2) is 19.1 Å². The third-order valence-corrected chi connectivity index (χ3v) is 7.24. The minimum absolute atomic E-state index is 0.0562. The van der Waals surface area contributed by atoms with Crippen LogP contribution in [0.25, 0.3) is 6.08 Å². The molecule has 0 bridgehead atoms. The van der Waals surface area contributed by atoms with Gasteiger partial charge in [0.05, 0.1) is 10.7 Å². The highest BCUT2D eigenvalue weighted by Gasteiger charge is 2.27. The lowest BCUT2D eigenvalue weighted by Crippen LogP contribution is -2.16. The Morgan fingerprint density at radius 1 is 1.10 bits per heavy atom. The van der Waals surface area contributed by atoms with Crippen molar-refractivity contribution in [2.24, 2.45) is 0 Å². The molecule has 3 rings (SSSR count). The van der Waals surface area contributed by atoms with Crippen molar-refractivity contribution < 1.29 is 18.1 Å². The fourth-order valence-corrected chi connectivity index (χ4v) is 5.25. The number of sulfone groups is 1. The van der Waals surface area contributed by atoms with E-state index in [1.54, 1.807) is 29.6 Å². The van der Waals surface area contributed by atoms with E-state index < -0.39 is 20.5 Å². The number of nitrogens with zero attached hydrogens (tertiary/aromatic N) is 1. The minimum Gasteiger partial charge on any atom is -0.288 e. The maximum Gasteiger partial charge on any atom is 0.269 e. The molecule has 3 aromatic rings. The highest BCUT2D eigenvalue weighted by molar-refractivity contribution is 7.95. The zero-order valence-corrected chi connectivity index (χ0v) is 18.1. The number of aryl methyl sites for hydroxylation is 1. The largest absolute Gasteiger partial charge is 0.288 e. The van der Waals surface area contributed by atoms with Crippen LogP contribution in [0.4, 0.5) is 5.69 Å². The van der Waals surface area contributed by atoms with Gasteiger partial charge in [0.25, 0.3) is 5.69 Å². The first-order valence-electron chi connectivity index (χ1n) is 8.69. The van der Waals surface area contributed by atoms with Crippen LogP contribution in [0.2, 0.25) is 5.02 Å². The van der Waals surface area contributed by atoms with Crippen LogP contribution in [-0.2, 0) is 15.6 Å². The maximum absolute atomic E-state index is 13.2. The Bertz CT molecular complexity index is 1230. The summed E-state index contributed by atoms with van der Waals surface area (Å²) < 4.78 is 26.4. The van der Waals surface area contributed by atoms with Gasteiger partial charge in [-0.2, -0.15) is 0 Å². The average Bonchev–Trinajstić information content (AvgIpc) is 3.11. The van der Waals surface area contributed by atoms with Gasteiger partial charge < -0.3 is 0 Å². The van der Waals surface area contributed by atoms with Gasteiger partial charge in [0.2, 0.25) is 5.78 Å². The smallest absolute Gasteiger partial charge is 0.269 e. The van der Waals surface area contributed by atoms with Crippen molar-refractivity contribution in [1.82, 2.24) is 0 Å². The zero-order valence-electron chi connectivity index (χ0n) is 15.7. The fraction of sp³-hybridized carbons (Fsp3) is 0.0952. The molecule has 0 aliphatic carbocycles. The van der Waals surface area contributed by atoms with E-state index in [4.69, 9.17) is 11.6 Å². The number of carbonyl (C=O) groups is 1. The van der Waals surface area contributed by atoms with Gasteiger partial charge in [-0.15, -0.1) is 11.3 Å². The number of allylic oxidation sites excluding steroid dienone is 1. The molecule has 0 N–H and O–H groups in total. The molecule has 1 aromatic heterocycles. The van der Waals surface area contributed by atoms with Crippen LogP contribution < -0.4 is 0 Å². The fourth-order valence-electron chi connectivity index (χ4n) is 2.70. The number of carbonyl (C=O) groups excluding carboxylic acids is 1. The van der Waals surface area contributed by atoms with Crippen molar-refractivity contribution in [2.45, 2.75) is 12.7 Å². The maximum atomic E-state index is 13.2. The number of Topliss-reactive ketones (excluding diaryl/α,β-unsaturated/α-hetero) is 1. The van der Waals surface area contributed by atoms with Crippen molar-refractivity contribution in [3.05, 3.63) is 102 Å². The van der Waals surface area contributed by atoms with Gasteiger partial charge in [0, 0.05) is 27.6 Å². The molecular weight excluding hydrogens is 446 g/mol. The number of benzene rings is 2.